The zero-order valence-corrected chi connectivity index (χ0v) is 20.0. The van der Waals surface area contributed by atoms with Crippen LogP contribution in [0.25, 0.3) is 0 Å². The Hall–Kier alpha value is -3.72. The van der Waals surface area contributed by atoms with Crippen LogP contribution in [0.5, 0.6) is 17.2 Å². The van der Waals surface area contributed by atoms with Crippen molar-refractivity contribution in [2.75, 3.05) is 18.9 Å². The van der Waals surface area contributed by atoms with Crippen molar-refractivity contribution in [3.8, 4) is 17.2 Å². The predicted molar refractivity (Wildman–Crippen MR) is 128 cm³/mol. The summed E-state index contributed by atoms with van der Waals surface area (Å²) in [4.78, 5) is 14.9. The summed E-state index contributed by atoms with van der Waals surface area (Å²) in [7, 11) is -0.608. The van der Waals surface area contributed by atoms with E-state index in [9.17, 15) is 13.2 Å². The Balaban J connectivity index is 1.62. The first-order valence-electron chi connectivity index (χ1n) is 10.7. The third-order valence-corrected chi connectivity index (χ3v) is 6.94. The minimum Gasteiger partial charge on any atom is -0.497 e. The molecule has 1 amide bonds. The molecule has 9 heteroatoms. The van der Waals surface area contributed by atoms with E-state index in [1.165, 1.54) is 12.1 Å². The maximum Gasteiger partial charge on any atom is 0.263 e. The third-order valence-electron chi connectivity index (χ3n) is 5.55. The number of hydrogen-bond acceptors (Lipinski definition) is 6. The van der Waals surface area contributed by atoms with Gasteiger partial charge in [-0.05, 0) is 49.4 Å². The van der Waals surface area contributed by atoms with E-state index < -0.39 is 16.1 Å². The highest BCUT2D eigenvalue weighted by Gasteiger charge is 2.29. The summed E-state index contributed by atoms with van der Waals surface area (Å²) < 4.78 is 44.7. The van der Waals surface area contributed by atoms with Gasteiger partial charge in [-0.3, -0.25) is 9.52 Å². The molecule has 0 aromatic heterocycles. The van der Waals surface area contributed by atoms with Crippen molar-refractivity contribution in [3.63, 3.8) is 0 Å². The van der Waals surface area contributed by atoms with Crippen LogP contribution in [-0.2, 0) is 27.9 Å². The van der Waals surface area contributed by atoms with Crippen molar-refractivity contribution < 1.29 is 27.4 Å². The van der Waals surface area contributed by atoms with E-state index in [4.69, 9.17) is 14.2 Å². The topological polar surface area (TPSA) is 94.2 Å². The van der Waals surface area contributed by atoms with Crippen LogP contribution in [0.15, 0.2) is 71.6 Å². The van der Waals surface area contributed by atoms with Crippen LogP contribution >= 0.6 is 0 Å². The Bertz CT molecular complexity index is 1290. The Morgan fingerprint density at radius 2 is 1.79 bits per heavy atom. The first kappa shape index (κ1) is 23.4. The van der Waals surface area contributed by atoms with E-state index in [0.29, 0.717) is 35.0 Å². The number of amides is 1. The molecule has 1 N–H and O–H groups in total. The average Bonchev–Trinajstić information content (AvgIpc) is 2.95. The van der Waals surface area contributed by atoms with E-state index in [0.717, 1.165) is 5.56 Å². The van der Waals surface area contributed by atoms with Gasteiger partial charge in [-0.1, -0.05) is 18.2 Å². The molecule has 8 nitrogen and oxygen atoms in total. The van der Waals surface area contributed by atoms with Crippen LogP contribution in [-0.4, -0.2) is 39.5 Å². The molecule has 0 fully saturated rings. The highest BCUT2D eigenvalue weighted by Crippen LogP contribution is 2.32. The molecule has 0 bridgehead atoms. The highest BCUT2D eigenvalue weighted by molar-refractivity contribution is 7.92. The smallest absolute Gasteiger partial charge is 0.263 e. The van der Waals surface area contributed by atoms with Gasteiger partial charge in [0.2, 0.25) is 0 Å². The minimum absolute atomic E-state index is 0.165. The second-order valence-corrected chi connectivity index (χ2v) is 9.56. The zero-order chi connectivity index (χ0) is 24.3. The molecule has 0 saturated heterocycles. The SMILES string of the molecule is COc1ccc(CN2Cc3cc(NS(=O)(=O)c4ccccc4)ccc3OC(C)C2=O)c(OC)c1. The number of methoxy groups -OCH3 is 2. The fourth-order valence-corrected chi connectivity index (χ4v) is 4.87. The normalized spacial score (nSPS) is 15.7. The molecular formula is C25H26N2O6S. The number of nitrogens with one attached hydrogen (secondary N) is 1. The molecular weight excluding hydrogens is 456 g/mol. The molecule has 0 saturated carbocycles. The van der Waals surface area contributed by atoms with Gasteiger partial charge in [0.25, 0.3) is 15.9 Å². The molecule has 0 aliphatic carbocycles. The minimum atomic E-state index is -3.75. The monoisotopic (exact) mass is 482 g/mol. The lowest BCUT2D eigenvalue weighted by Gasteiger charge is -2.23. The van der Waals surface area contributed by atoms with Crippen molar-refractivity contribution in [2.45, 2.75) is 31.0 Å². The molecule has 1 aliphatic heterocycles. The van der Waals surface area contributed by atoms with Gasteiger partial charge in [0, 0.05) is 36.0 Å². The lowest BCUT2D eigenvalue weighted by Crippen LogP contribution is -2.37. The quantitative estimate of drug-likeness (QED) is 0.550. The van der Waals surface area contributed by atoms with E-state index in [2.05, 4.69) is 4.72 Å². The molecule has 0 spiro atoms. The molecule has 1 atom stereocenters. The average molecular weight is 483 g/mol. The van der Waals surface area contributed by atoms with Crippen LogP contribution in [0, 0.1) is 0 Å². The van der Waals surface area contributed by atoms with Crippen molar-refractivity contribution in [2.24, 2.45) is 0 Å². The standard InChI is InChI=1S/C25H26N2O6S/c1-17-25(28)27(15-18-9-11-21(31-2)14-24(18)32-3)16-19-13-20(10-12-23(19)33-17)26-34(29,30)22-7-5-4-6-8-22/h4-14,17,26H,15-16H2,1-3H3. The van der Waals surface area contributed by atoms with Crippen molar-refractivity contribution in [1.29, 1.82) is 0 Å². The summed E-state index contributed by atoms with van der Waals surface area (Å²) in [5, 5.41) is 0. The number of ether oxygens (including phenoxy) is 3. The van der Waals surface area contributed by atoms with Crippen LogP contribution in [0.1, 0.15) is 18.1 Å². The van der Waals surface area contributed by atoms with Crippen LogP contribution in [0.3, 0.4) is 0 Å². The first-order chi connectivity index (χ1) is 16.3. The van der Waals surface area contributed by atoms with Gasteiger partial charge in [0.1, 0.15) is 17.2 Å². The summed E-state index contributed by atoms with van der Waals surface area (Å²) in [6.45, 7) is 2.23. The number of carbonyl (C=O) groups is 1. The Morgan fingerprint density at radius 1 is 1.03 bits per heavy atom. The summed E-state index contributed by atoms with van der Waals surface area (Å²) in [5.74, 6) is 1.61. The molecule has 0 radical (unpaired) electrons. The number of carbonyl (C=O) groups excluding carboxylic acids is 1. The van der Waals surface area contributed by atoms with Gasteiger partial charge in [-0.2, -0.15) is 0 Å². The summed E-state index contributed by atoms with van der Waals surface area (Å²) in [6.07, 6.45) is -0.697. The number of anilines is 1. The molecule has 1 heterocycles. The van der Waals surface area contributed by atoms with Gasteiger partial charge < -0.3 is 19.1 Å². The van der Waals surface area contributed by atoms with Gasteiger partial charge in [-0.15, -0.1) is 0 Å². The van der Waals surface area contributed by atoms with Gasteiger partial charge in [0.05, 0.1) is 19.1 Å². The maximum atomic E-state index is 13.1. The van der Waals surface area contributed by atoms with E-state index >= 15 is 0 Å². The number of nitrogens with zero attached hydrogens (tertiary/aromatic N) is 1. The van der Waals surface area contributed by atoms with Crippen molar-refractivity contribution in [1.82, 2.24) is 4.90 Å². The largest absolute Gasteiger partial charge is 0.497 e. The molecule has 34 heavy (non-hydrogen) atoms. The third kappa shape index (κ3) is 4.94. The highest BCUT2D eigenvalue weighted by atomic mass is 32.2. The number of sulfonamides is 1. The fraction of sp³-hybridized carbons (Fsp3) is 0.240. The number of rotatable bonds is 7. The summed E-state index contributed by atoms with van der Waals surface area (Å²) in [5.41, 5.74) is 1.89. The number of hydrogen-bond donors (Lipinski definition) is 1. The van der Waals surface area contributed by atoms with Crippen LogP contribution in [0.4, 0.5) is 5.69 Å². The lowest BCUT2D eigenvalue weighted by atomic mass is 10.1. The zero-order valence-electron chi connectivity index (χ0n) is 19.1. The van der Waals surface area contributed by atoms with Gasteiger partial charge in [0.15, 0.2) is 6.10 Å². The second kappa shape index (κ2) is 9.64. The molecule has 4 rings (SSSR count). The number of fused-ring (bicyclic) bond motifs is 1. The van der Waals surface area contributed by atoms with Crippen LogP contribution in [0.2, 0.25) is 0 Å². The maximum absolute atomic E-state index is 13.1. The molecule has 3 aromatic rings. The molecule has 1 unspecified atom stereocenters. The van der Waals surface area contributed by atoms with E-state index in [1.54, 1.807) is 68.5 Å². The van der Waals surface area contributed by atoms with Gasteiger partial charge in [-0.25, -0.2) is 8.42 Å². The van der Waals surface area contributed by atoms with Crippen molar-refractivity contribution >= 4 is 21.6 Å². The Labute approximate surface area is 199 Å². The predicted octanol–water partition coefficient (Wildman–Crippen LogP) is 3.81. The lowest BCUT2D eigenvalue weighted by molar-refractivity contribution is -0.138. The van der Waals surface area contributed by atoms with Crippen LogP contribution < -0.4 is 18.9 Å². The molecule has 1 aliphatic rings. The Kier molecular flexibility index (Phi) is 6.65. The molecule has 3 aromatic carbocycles. The van der Waals surface area contributed by atoms with E-state index in [-0.39, 0.29) is 17.3 Å². The second-order valence-electron chi connectivity index (χ2n) is 7.87. The first-order valence-corrected chi connectivity index (χ1v) is 12.2. The number of benzene rings is 3. The summed E-state index contributed by atoms with van der Waals surface area (Å²) >= 11 is 0. The Morgan fingerprint density at radius 3 is 2.50 bits per heavy atom. The summed E-state index contributed by atoms with van der Waals surface area (Å²) in [6, 6.07) is 18.6. The fourth-order valence-electron chi connectivity index (χ4n) is 3.80. The molecule has 178 valence electrons. The van der Waals surface area contributed by atoms with Gasteiger partial charge >= 0.3 is 0 Å². The van der Waals surface area contributed by atoms with E-state index in [1.807, 2.05) is 12.1 Å². The van der Waals surface area contributed by atoms with Crippen molar-refractivity contribution in [3.05, 3.63) is 77.9 Å².